The van der Waals surface area contributed by atoms with Crippen molar-refractivity contribution in [3.63, 3.8) is 0 Å². The Bertz CT molecular complexity index is 1320. The van der Waals surface area contributed by atoms with Crippen LogP contribution in [0.1, 0.15) is 18.1 Å². The van der Waals surface area contributed by atoms with Gasteiger partial charge in [-0.3, -0.25) is 18.7 Å². The molecule has 152 valence electrons. The highest BCUT2D eigenvalue weighted by molar-refractivity contribution is 7.04. The Morgan fingerprint density at radius 2 is 1.77 bits per heavy atom. The first-order valence-electron chi connectivity index (χ1n) is 9.58. The lowest BCUT2D eigenvalue weighted by molar-refractivity contribution is -0.116. The van der Waals surface area contributed by atoms with Gasteiger partial charge >= 0.3 is 5.69 Å². The van der Waals surface area contributed by atoms with Crippen LogP contribution in [-0.4, -0.2) is 19.4 Å². The molecule has 1 N–H and O–H groups in total. The number of para-hydroxylation sites is 1. The number of amides is 1. The van der Waals surface area contributed by atoms with Crippen LogP contribution in [0.25, 0.3) is 11.0 Å². The van der Waals surface area contributed by atoms with E-state index < -0.39 is 11.2 Å². The Morgan fingerprint density at radius 1 is 1.03 bits per heavy atom. The normalized spacial score (nSPS) is 11.0. The molecule has 0 fully saturated rings. The molecule has 0 unspecified atom stereocenters. The van der Waals surface area contributed by atoms with E-state index in [9.17, 15) is 14.4 Å². The van der Waals surface area contributed by atoms with Crippen LogP contribution in [-0.2, 0) is 24.3 Å². The summed E-state index contributed by atoms with van der Waals surface area (Å²) >= 11 is 1.09. The molecule has 30 heavy (non-hydrogen) atoms. The second kappa shape index (κ2) is 8.46. The largest absolute Gasteiger partial charge is 0.332 e. The van der Waals surface area contributed by atoms with Crippen molar-refractivity contribution in [3.8, 4) is 0 Å². The van der Waals surface area contributed by atoms with Crippen LogP contribution in [0.2, 0.25) is 0 Å². The number of nitrogens with one attached hydrogen (secondary N) is 1. The minimum atomic E-state index is -0.532. The predicted molar refractivity (Wildman–Crippen MR) is 118 cm³/mol. The second-order valence-corrected chi connectivity index (χ2v) is 7.48. The van der Waals surface area contributed by atoms with E-state index in [0.29, 0.717) is 5.52 Å². The van der Waals surface area contributed by atoms with Crippen molar-refractivity contribution in [2.24, 2.45) is 0 Å². The van der Waals surface area contributed by atoms with Crippen LogP contribution in [0.15, 0.2) is 69.6 Å². The smallest absolute Gasteiger partial charge is 0.324 e. The number of nitrogens with zero attached hydrogens (tertiary/aromatic N) is 3. The van der Waals surface area contributed by atoms with Crippen molar-refractivity contribution < 1.29 is 4.79 Å². The van der Waals surface area contributed by atoms with Gasteiger partial charge in [0, 0.05) is 11.1 Å². The maximum atomic E-state index is 13.1. The van der Waals surface area contributed by atoms with Crippen LogP contribution >= 0.6 is 11.5 Å². The highest BCUT2D eigenvalue weighted by atomic mass is 32.1. The standard InChI is InChI=1S/C22H20N4O3S/c1-2-16-10-6-7-11-17(16)23-19(27)13-25-18-14-30-24-20(18)21(28)26(22(25)29)12-15-8-4-3-5-9-15/h3-11,14H,2,12-13H2,1H3,(H,23,27). The number of rotatable bonds is 6. The van der Waals surface area contributed by atoms with E-state index in [1.165, 1.54) is 4.57 Å². The van der Waals surface area contributed by atoms with Gasteiger partial charge in [0.1, 0.15) is 6.54 Å². The van der Waals surface area contributed by atoms with Crippen LogP contribution < -0.4 is 16.6 Å². The number of aromatic nitrogens is 3. The van der Waals surface area contributed by atoms with E-state index in [1.54, 1.807) is 5.38 Å². The minimum absolute atomic E-state index is 0.117. The zero-order valence-corrected chi connectivity index (χ0v) is 17.2. The number of hydrogen-bond donors (Lipinski definition) is 1. The van der Waals surface area contributed by atoms with Crippen LogP contribution in [0.3, 0.4) is 0 Å². The first kappa shape index (κ1) is 19.8. The quantitative estimate of drug-likeness (QED) is 0.520. The molecule has 7 nitrogen and oxygen atoms in total. The topological polar surface area (TPSA) is 86.0 Å². The molecule has 0 saturated carbocycles. The summed E-state index contributed by atoms with van der Waals surface area (Å²) in [6.07, 6.45) is 0.775. The van der Waals surface area contributed by atoms with E-state index in [0.717, 1.165) is 39.3 Å². The third-order valence-electron chi connectivity index (χ3n) is 4.91. The molecule has 0 atom stereocenters. The van der Waals surface area contributed by atoms with Crippen molar-refractivity contribution in [2.45, 2.75) is 26.4 Å². The third-order valence-corrected chi connectivity index (χ3v) is 5.53. The molecule has 4 aromatic rings. The van der Waals surface area contributed by atoms with Gasteiger partial charge in [-0.1, -0.05) is 55.5 Å². The Labute approximate surface area is 176 Å². The molecular formula is C22H20N4O3S. The van der Waals surface area contributed by atoms with Crippen molar-refractivity contribution in [1.82, 2.24) is 13.5 Å². The molecule has 8 heteroatoms. The van der Waals surface area contributed by atoms with E-state index in [4.69, 9.17) is 0 Å². The van der Waals surface area contributed by atoms with Crippen molar-refractivity contribution in [2.75, 3.05) is 5.32 Å². The molecule has 0 aliphatic rings. The van der Waals surface area contributed by atoms with Gasteiger partial charge in [0.05, 0.1) is 12.1 Å². The van der Waals surface area contributed by atoms with Gasteiger partial charge in [-0.25, -0.2) is 4.79 Å². The van der Waals surface area contributed by atoms with Crippen molar-refractivity contribution >= 4 is 34.2 Å². The molecule has 0 radical (unpaired) electrons. The van der Waals surface area contributed by atoms with E-state index in [1.807, 2.05) is 61.5 Å². The number of hydrogen-bond acceptors (Lipinski definition) is 5. The molecule has 2 aromatic carbocycles. The fraction of sp³-hybridized carbons (Fsp3) is 0.182. The number of benzene rings is 2. The Morgan fingerprint density at radius 3 is 2.53 bits per heavy atom. The monoisotopic (exact) mass is 420 g/mol. The van der Waals surface area contributed by atoms with Crippen LogP contribution in [0.4, 0.5) is 5.69 Å². The van der Waals surface area contributed by atoms with E-state index in [-0.39, 0.29) is 24.5 Å². The number of fused-ring (bicyclic) bond motifs is 1. The SMILES string of the molecule is CCc1ccccc1NC(=O)Cn1c(=O)n(Cc2ccccc2)c(=O)c2nscc21. The molecular weight excluding hydrogens is 400 g/mol. The number of anilines is 1. The van der Waals surface area contributed by atoms with Crippen LogP contribution in [0.5, 0.6) is 0 Å². The van der Waals surface area contributed by atoms with Gasteiger partial charge in [0.2, 0.25) is 5.91 Å². The van der Waals surface area contributed by atoms with Crippen LogP contribution in [0, 0.1) is 0 Å². The summed E-state index contributed by atoms with van der Waals surface area (Å²) in [5.74, 6) is -0.338. The number of carbonyl (C=O) groups excluding carboxylic acids is 1. The molecule has 4 rings (SSSR count). The highest BCUT2D eigenvalue weighted by Crippen LogP contribution is 2.16. The van der Waals surface area contributed by atoms with Crippen molar-refractivity contribution in [1.29, 1.82) is 0 Å². The Kier molecular flexibility index (Phi) is 5.58. The Balaban J connectivity index is 1.71. The van der Waals surface area contributed by atoms with Gasteiger partial charge in [0.15, 0.2) is 5.52 Å². The van der Waals surface area contributed by atoms with Gasteiger partial charge in [-0.05, 0) is 35.1 Å². The predicted octanol–water partition coefficient (Wildman–Crippen LogP) is 2.87. The molecule has 1 amide bonds. The zero-order valence-electron chi connectivity index (χ0n) is 16.4. The fourth-order valence-corrected chi connectivity index (χ4v) is 4.05. The average Bonchev–Trinajstić information content (AvgIpc) is 3.25. The third kappa shape index (κ3) is 3.81. The summed E-state index contributed by atoms with van der Waals surface area (Å²) in [4.78, 5) is 38.7. The molecule has 0 spiro atoms. The first-order chi connectivity index (χ1) is 14.6. The summed E-state index contributed by atoms with van der Waals surface area (Å²) in [6, 6.07) is 16.8. The lowest BCUT2D eigenvalue weighted by Gasteiger charge is -2.13. The molecule has 0 aliphatic heterocycles. The number of carbonyl (C=O) groups is 1. The lowest BCUT2D eigenvalue weighted by atomic mass is 10.1. The summed E-state index contributed by atoms with van der Waals surface area (Å²) in [5.41, 5.74) is 2.13. The van der Waals surface area contributed by atoms with Gasteiger partial charge in [0.25, 0.3) is 5.56 Å². The Hall–Kier alpha value is -3.52. The molecule has 2 heterocycles. The minimum Gasteiger partial charge on any atom is -0.324 e. The number of aryl methyl sites for hydroxylation is 1. The van der Waals surface area contributed by atoms with E-state index in [2.05, 4.69) is 9.69 Å². The highest BCUT2D eigenvalue weighted by Gasteiger charge is 2.18. The second-order valence-electron chi connectivity index (χ2n) is 6.85. The summed E-state index contributed by atoms with van der Waals surface area (Å²) in [5, 5.41) is 4.50. The maximum absolute atomic E-state index is 13.1. The fourth-order valence-electron chi connectivity index (χ4n) is 3.38. The summed E-state index contributed by atoms with van der Waals surface area (Å²) in [6.45, 7) is 1.92. The summed E-state index contributed by atoms with van der Waals surface area (Å²) in [7, 11) is 0. The lowest BCUT2D eigenvalue weighted by Crippen LogP contribution is -2.41. The molecule has 0 aliphatic carbocycles. The zero-order chi connectivity index (χ0) is 21.1. The molecule has 2 aromatic heterocycles. The van der Waals surface area contributed by atoms with E-state index >= 15 is 0 Å². The maximum Gasteiger partial charge on any atom is 0.332 e. The molecule has 0 saturated heterocycles. The van der Waals surface area contributed by atoms with Gasteiger partial charge in [-0.15, -0.1) is 0 Å². The average molecular weight is 420 g/mol. The van der Waals surface area contributed by atoms with Gasteiger partial charge in [-0.2, -0.15) is 4.37 Å². The van der Waals surface area contributed by atoms with Crippen molar-refractivity contribution in [3.05, 3.63) is 91.9 Å². The molecule has 0 bridgehead atoms. The first-order valence-corrected chi connectivity index (χ1v) is 10.4. The van der Waals surface area contributed by atoms with Gasteiger partial charge < -0.3 is 5.32 Å². The summed E-state index contributed by atoms with van der Waals surface area (Å²) < 4.78 is 6.60.